The van der Waals surface area contributed by atoms with Crippen molar-refractivity contribution >= 4 is 72.4 Å². The summed E-state index contributed by atoms with van der Waals surface area (Å²) in [5.74, 6) is 0. The van der Waals surface area contributed by atoms with E-state index < -0.39 is 0 Å². The van der Waals surface area contributed by atoms with Crippen molar-refractivity contribution < 1.29 is 0 Å². The summed E-state index contributed by atoms with van der Waals surface area (Å²) in [6.07, 6.45) is 4.28. The largest absolute Gasteiger partial charge is 0.311 e. The molecule has 0 atom stereocenters. The van der Waals surface area contributed by atoms with Gasteiger partial charge in [-0.3, -0.25) is 0 Å². The van der Waals surface area contributed by atoms with Gasteiger partial charge in [0.25, 0.3) is 0 Å². The lowest BCUT2D eigenvalue weighted by Gasteiger charge is -2.25. The number of hydrogen-bond acceptors (Lipinski definition) is 2. The molecule has 0 aliphatic rings. The molecule has 0 saturated heterocycles. The fraction of sp³-hybridized carbons (Fsp3) is 0.0769. The molecule has 0 aliphatic heterocycles. The monoisotopic (exact) mass is 537 g/mol. The smallest absolute Gasteiger partial charge is 0.0782 e. The van der Waals surface area contributed by atoms with Gasteiger partial charge in [0, 0.05) is 22.6 Å². The van der Waals surface area contributed by atoms with Crippen LogP contribution in [0.4, 0.5) is 17.1 Å². The van der Waals surface area contributed by atoms with Crippen LogP contribution in [0.15, 0.2) is 86.4 Å². The lowest BCUT2D eigenvalue weighted by Crippen LogP contribution is -2.09. The van der Waals surface area contributed by atoms with Crippen LogP contribution in [0.3, 0.4) is 0 Å². The first-order valence-electron chi connectivity index (χ1n) is 9.66. The van der Waals surface area contributed by atoms with Crippen LogP contribution in [-0.4, -0.2) is 0 Å². The summed E-state index contributed by atoms with van der Waals surface area (Å²) in [6.45, 7) is 4.23. The van der Waals surface area contributed by atoms with E-state index in [9.17, 15) is 0 Å². The highest BCUT2D eigenvalue weighted by Gasteiger charge is 2.12. The minimum atomic E-state index is 1.12. The summed E-state index contributed by atoms with van der Waals surface area (Å²) >= 11 is 8.83. The molecule has 1 aromatic heterocycles. The third-order valence-electron chi connectivity index (χ3n) is 4.87. The van der Waals surface area contributed by atoms with Gasteiger partial charge in [-0.1, -0.05) is 59.7 Å². The van der Waals surface area contributed by atoms with Gasteiger partial charge < -0.3 is 4.90 Å². The van der Waals surface area contributed by atoms with Crippen LogP contribution in [0.2, 0.25) is 0 Å². The van der Waals surface area contributed by atoms with Crippen molar-refractivity contribution in [3.05, 3.63) is 109 Å². The molecule has 0 saturated carbocycles. The van der Waals surface area contributed by atoms with Crippen molar-refractivity contribution in [2.75, 3.05) is 4.90 Å². The fourth-order valence-corrected chi connectivity index (χ4v) is 5.98. The first kappa shape index (κ1) is 21.1. The highest BCUT2D eigenvalue weighted by atomic mass is 79.9. The molecule has 1 nitrogen and oxygen atoms in total. The summed E-state index contributed by atoms with van der Waals surface area (Å²) in [5, 5.41) is 0. The van der Waals surface area contributed by atoms with Gasteiger partial charge in [0.2, 0.25) is 0 Å². The Labute approximate surface area is 199 Å². The Morgan fingerprint density at radius 1 is 0.667 bits per heavy atom. The molecule has 0 radical (unpaired) electrons. The van der Waals surface area contributed by atoms with Crippen LogP contribution in [-0.2, 0) is 0 Å². The molecule has 1 heterocycles. The SMILES string of the molecule is Cc1ccc(N(c2ccc(C)cc2)c2ccc(/C=C/c3cc(Br)sc3Br)cc2)cc1. The molecule has 4 rings (SSSR count). The van der Waals surface area contributed by atoms with E-state index in [0.29, 0.717) is 0 Å². The Balaban J connectivity index is 1.66. The predicted octanol–water partition coefficient (Wildman–Crippen LogP) is 9.53. The molecule has 0 N–H and O–H groups in total. The molecule has 0 aliphatic carbocycles. The summed E-state index contributed by atoms with van der Waals surface area (Å²) < 4.78 is 2.25. The zero-order valence-electron chi connectivity index (χ0n) is 16.8. The highest BCUT2D eigenvalue weighted by molar-refractivity contribution is 9.12. The molecule has 3 aromatic carbocycles. The summed E-state index contributed by atoms with van der Waals surface area (Å²) in [6, 6.07) is 28.1. The summed E-state index contributed by atoms with van der Waals surface area (Å²) in [7, 11) is 0. The number of anilines is 3. The van der Waals surface area contributed by atoms with Gasteiger partial charge in [-0.05, 0) is 93.7 Å². The van der Waals surface area contributed by atoms with E-state index in [0.717, 1.165) is 24.6 Å². The Bertz CT molecular complexity index is 1110. The third-order valence-corrected chi connectivity index (χ3v) is 7.26. The van der Waals surface area contributed by atoms with Gasteiger partial charge >= 0.3 is 0 Å². The van der Waals surface area contributed by atoms with Crippen molar-refractivity contribution in [3.8, 4) is 0 Å². The molecular formula is C26H21Br2NS. The summed E-state index contributed by atoms with van der Waals surface area (Å²) in [5.41, 5.74) is 8.31. The van der Waals surface area contributed by atoms with Gasteiger partial charge in [-0.2, -0.15) is 0 Å². The second-order valence-corrected chi connectivity index (χ2v) is 11.0. The average Bonchev–Trinajstić information content (AvgIpc) is 3.07. The van der Waals surface area contributed by atoms with E-state index in [2.05, 4.69) is 142 Å². The van der Waals surface area contributed by atoms with Crippen LogP contribution in [0.1, 0.15) is 22.3 Å². The predicted molar refractivity (Wildman–Crippen MR) is 139 cm³/mol. The molecule has 0 fully saturated rings. The standard InChI is InChI=1S/C26H21Br2NS/c1-18-3-11-22(12-4-18)29(23-13-5-19(2)6-14-23)24-15-8-20(9-16-24)7-10-21-17-25(27)30-26(21)28/h3-17H,1-2H3/b10-7+. The maximum Gasteiger partial charge on any atom is 0.0782 e. The van der Waals surface area contributed by atoms with Crippen LogP contribution >= 0.6 is 43.2 Å². The van der Waals surface area contributed by atoms with E-state index in [-0.39, 0.29) is 0 Å². The van der Waals surface area contributed by atoms with Crippen LogP contribution in [0.25, 0.3) is 12.2 Å². The number of aryl methyl sites for hydroxylation is 2. The molecule has 0 bridgehead atoms. The molecule has 0 unspecified atom stereocenters. The molecule has 0 spiro atoms. The van der Waals surface area contributed by atoms with Crippen LogP contribution in [0.5, 0.6) is 0 Å². The minimum Gasteiger partial charge on any atom is -0.311 e. The molecule has 4 aromatic rings. The molecule has 30 heavy (non-hydrogen) atoms. The summed E-state index contributed by atoms with van der Waals surface area (Å²) in [4.78, 5) is 2.29. The van der Waals surface area contributed by atoms with E-state index in [1.165, 1.54) is 22.3 Å². The van der Waals surface area contributed by atoms with Crippen molar-refractivity contribution in [3.63, 3.8) is 0 Å². The zero-order valence-corrected chi connectivity index (χ0v) is 20.8. The van der Waals surface area contributed by atoms with E-state index in [1.54, 1.807) is 11.3 Å². The van der Waals surface area contributed by atoms with Gasteiger partial charge in [0.05, 0.1) is 7.57 Å². The first-order valence-corrected chi connectivity index (χ1v) is 12.1. The van der Waals surface area contributed by atoms with Crippen molar-refractivity contribution in [1.82, 2.24) is 0 Å². The Morgan fingerprint density at radius 3 is 1.57 bits per heavy atom. The number of nitrogens with zero attached hydrogens (tertiary/aromatic N) is 1. The van der Waals surface area contributed by atoms with Crippen molar-refractivity contribution in [2.45, 2.75) is 13.8 Å². The second-order valence-electron chi connectivity index (χ2n) is 7.21. The third kappa shape index (κ3) is 4.94. The van der Waals surface area contributed by atoms with E-state index in [4.69, 9.17) is 0 Å². The number of thiophene rings is 1. The lowest BCUT2D eigenvalue weighted by atomic mass is 10.1. The first-order chi connectivity index (χ1) is 14.5. The maximum absolute atomic E-state index is 3.61. The molecule has 4 heteroatoms. The average molecular weight is 539 g/mol. The Morgan fingerprint density at radius 2 is 1.13 bits per heavy atom. The highest BCUT2D eigenvalue weighted by Crippen LogP contribution is 2.35. The number of benzene rings is 3. The van der Waals surface area contributed by atoms with Crippen LogP contribution in [0, 0.1) is 13.8 Å². The quantitative estimate of drug-likeness (QED) is 0.244. The van der Waals surface area contributed by atoms with E-state index >= 15 is 0 Å². The normalized spacial score (nSPS) is 11.2. The van der Waals surface area contributed by atoms with Crippen LogP contribution < -0.4 is 4.90 Å². The molecular weight excluding hydrogens is 518 g/mol. The topological polar surface area (TPSA) is 3.24 Å². The Kier molecular flexibility index (Phi) is 6.57. The zero-order chi connectivity index (χ0) is 21.1. The lowest BCUT2D eigenvalue weighted by molar-refractivity contribution is 1.27. The molecule has 150 valence electrons. The van der Waals surface area contributed by atoms with Gasteiger partial charge in [0.1, 0.15) is 0 Å². The van der Waals surface area contributed by atoms with Crippen molar-refractivity contribution in [2.24, 2.45) is 0 Å². The second kappa shape index (κ2) is 9.34. The fourth-order valence-electron chi connectivity index (χ4n) is 3.22. The van der Waals surface area contributed by atoms with Gasteiger partial charge in [-0.25, -0.2) is 0 Å². The van der Waals surface area contributed by atoms with Gasteiger partial charge in [-0.15, -0.1) is 11.3 Å². The number of hydrogen-bond donors (Lipinski definition) is 0. The maximum atomic E-state index is 3.61. The van der Waals surface area contributed by atoms with Gasteiger partial charge in [0.15, 0.2) is 0 Å². The Hall–Kier alpha value is -2.14. The van der Waals surface area contributed by atoms with Crippen molar-refractivity contribution in [1.29, 1.82) is 0 Å². The number of rotatable bonds is 5. The van der Waals surface area contributed by atoms with E-state index in [1.807, 2.05) is 0 Å². The minimum absolute atomic E-state index is 1.12. The molecule has 0 amide bonds. The number of halogens is 2.